The molecule has 0 aliphatic carbocycles. The summed E-state index contributed by atoms with van der Waals surface area (Å²) in [7, 11) is 3.04. The number of aliphatic hydroxyl groups excluding tert-OH is 1. The van der Waals surface area contributed by atoms with Crippen LogP contribution in [-0.4, -0.2) is 53.9 Å². The summed E-state index contributed by atoms with van der Waals surface area (Å²) in [6.45, 7) is 1.53. The summed E-state index contributed by atoms with van der Waals surface area (Å²) in [5, 5.41) is 10.5. The van der Waals surface area contributed by atoms with Gasteiger partial charge in [-0.15, -0.1) is 0 Å². The van der Waals surface area contributed by atoms with Crippen molar-refractivity contribution < 1.29 is 19.4 Å². The largest absolute Gasteiger partial charge is 0.493 e. The standard InChI is InChI=1S/C24H28N4O6/c1-15(29)17-9-10-19(20(11-17)33-3)34-14-18(30)13-27(2)21-22(25)28(24(32)26-23(21)31)12-16-7-5-4-6-8-16/h4-11,18,30H,12-14,25H2,1-3H3,(H,26,31,32). The van der Waals surface area contributed by atoms with Crippen molar-refractivity contribution in [2.45, 2.75) is 19.6 Å². The van der Waals surface area contributed by atoms with Crippen molar-refractivity contribution in [1.29, 1.82) is 0 Å². The van der Waals surface area contributed by atoms with E-state index in [4.69, 9.17) is 15.2 Å². The minimum Gasteiger partial charge on any atom is -0.493 e. The summed E-state index contributed by atoms with van der Waals surface area (Å²) in [5.41, 5.74) is 6.32. The molecule has 2 aromatic carbocycles. The minimum absolute atomic E-state index is 0.00463. The Hall–Kier alpha value is -4.05. The van der Waals surface area contributed by atoms with Crippen LogP contribution in [0.4, 0.5) is 11.5 Å². The number of rotatable bonds is 10. The lowest BCUT2D eigenvalue weighted by molar-refractivity contribution is 0.101. The Bertz CT molecular complexity index is 1270. The number of ether oxygens (including phenoxy) is 2. The monoisotopic (exact) mass is 468 g/mol. The van der Waals surface area contributed by atoms with Crippen molar-refractivity contribution in [1.82, 2.24) is 9.55 Å². The van der Waals surface area contributed by atoms with Crippen LogP contribution in [0.15, 0.2) is 58.1 Å². The van der Waals surface area contributed by atoms with Gasteiger partial charge in [0.15, 0.2) is 17.3 Å². The molecular formula is C24H28N4O6. The smallest absolute Gasteiger partial charge is 0.330 e. The quantitative estimate of drug-likeness (QED) is 0.378. The third-order valence-electron chi connectivity index (χ3n) is 5.27. The molecule has 0 saturated carbocycles. The van der Waals surface area contributed by atoms with E-state index < -0.39 is 17.4 Å². The number of anilines is 2. The maximum atomic E-state index is 12.5. The number of nitrogens with one attached hydrogen (secondary N) is 1. The molecule has 10 nitrogen and oxygen atoms in total. The number of methoxy groups -OCH3 is 1. The van der Waals surface area contributed by atoms with E-state index in [2.05, 4.69) is 4.98 Å². The van der Waals surface area contributed by atoms with Crippen LogP contribution in [0.2, 0.25) is 0 Å². The highest BCUT2D eigenvalue weighted by Gasteiger charge is 2.19. The Morgan fingerprint density at radius 3 is 2.53 bits per heavy atom. The minimum atomic E-state index is -1.00. The molecule has 0 fully saturated rings. The fourth-order valence-corrected chi connectivity index (χ4v) is 3.52. The van der Waals surface area contributed by atoms with E-state index in [9.17, 15) is 19.5 Å². The molecule has 180 valence electrons. The van der Waals surface area contributed by atoms with Crippen LogP contribution in [0.1, 0.15) is 22.8 Å². The maximum Gasteiger partial charge on any atom is 0.330 e. The lowest BCUT2D eigenvalue weighted by Gasteiger charge is -2.24. The molecule has 0 aliphatic heterocycles. The van der Waals surface area contributed by atoms with Gasteiger partial charge < -0.3 is 25.2 Å². The zero-order valence-corrected chi connectivity index (χ0v) is 19.3. The number of aromatic amines is 1. The molecule has 0 saturated heterocycles. The van der Waals surface area contributed by atoms with Gasteiger partial charge in [0.25, 0.3) is 5.56 Å². The maximum absolute atomic E-state index is 12.5. The topological polar surface area (TPSA) is 140 Å². The summed E-state index contributed by atoms with van der Waals surface area (Å²) < 4.78 is 12.2. The van der Waals surface area contributed by atoms with Gasteiger partial charge in [-0.1, -0.05) is 30.3 Å². The van der Waals surface area contributed by atoms with Gasteiger partial charge in [0, 0.05) is 19.2 Å². The predicted molar refractivity (Wildman–Crippen MR) is 129 cm³/mol. The first-order chi connectivity index (χ1) is 16.2. The third kappa shape index (κ3) is 5.65. The molecule has 1 atom stereocenters. The number of benzene rings is 2. The van der Waals surface area contributed by atoms with Crippen molar-refractivity contribution >= 4 is 17.3 Å². The van der Waals surface area contributed by atoms with Crippen LogP contribution >= 0.6 is 0 Å². The number of nitrogens with zero attached hydrogens (tertiary/aromatic N) is 2. The lowest BCUT2D eigenvalue weighted by atomic mass is 10.1. The second kappa shape index (κ2) is 10.7. The first-order valence-corrected chi connectivity index (χ1v) is 10.6. The van der Waals surface area contributed by atoms with Gasteiger partial charge >= 0.3 is 5.69 Å². The number of carbonyl (C=O) groups is 1. The van der Waals surface area contributed by atoms with Gasteiger partial charge in [0.2, 0.25) is 0 Å². The van der Waals surface area contributed by atoms with Crippen molar-refractivity contribution in [3.8, 4) is 11.5 Å². The average Bonchev–Trinajstić information content (AvgIpc) is 2.80. The van der Waals surface area contributed by atoms with E-state index in [0.29, 0.717) is 17.1 Å². The number of H-pyrrole nitrogens is 1. The molecule has 3 aromatic rings. The van der Waals surface area contributed by atoms with Crippen molar-refractivity contribution in [2.24, 2.45) is 0 Å². The summed E-state index contributed by atoms with van der Waals surface area (Å²) in [6, 6.07) is 14.0. The molecule has 0 amide bonds. The summed E-state index contributed by atoms with van der Waals surface area (Å²) >= 11 is 0. The van der Waals surface area contributed by atoms with Crippen molar-refractivity contribution in [3.05, 3.63) is 80.5 Å². The highest BCUT2D eigenvalue weighted by molar-refractivity contribution is 5.94. The molecule has 10 heteroatoms. The number of hydrogen-bond donors (Lipinski definition) is 3. The van der Waals surface area contributed by atoms with Crippen LogP contribution in [0.3, 0.4) is 0 Å². The van der Waals surface area contributed by atoms with E-state index in [0.717, 1.165) is 5.56 Å². The van der Waals surface area contributed by atoms with E-state index in [1.54, 1.807) is 25.2 Å². The van der Waals surface area contributed by atoms with Gasteiger partial charge in [0.05, 0.1) is 13.7 Å². The van der Waals surface area contributed by atoms with Gasteiger partial charge in [-0.3, -0.25) is 19.1 Å². The van der Waals surface area contributed by atoms with E-state index in [-0.39, 0.29) is 37.0 Å². The highest BCUT2D eigenvalue weighted by atomic mass is 16.5. The van der Waals surface area contributed by atoms with Gasteiger partial charge in [-0.25, -0.2) is 4.79 Å². The molecular weight excluding hydrogens is 440 g/mol. The number of aromatic nitrogens is 2. The first-order valence-electron chi connectivity index (χ1n) is 10.6. The number of Topliss-reactive ketones (excluding diaryl/α,β-unsaturated/α-hetero) is 1. The zero-order valence-electron chi connectivity index (χ0n) is 19.3. The second-order valence-corrected chi connectivity index (χ2v) is 7.83. The number of likely N-dealkylation sites (N-methyl/N-ethyl adjacent to an activating group) is 1. The summed E-state index contributed by atoms with van der Waals surface area (Å²) in [4.78, 5) is 40.1. The zero-order chi connectivity index (χ0) is 24.8. The summed E-state index contributed by atoms with van der Waals surface area (Å²) in [6.07, 6.45) is -1.00. The second-order valence-electron chi connectivity index (χ2n) is 7.83. The highest BCUT2D eigenvalue weighted by Crippen LogP contribution is 2.28. The number of hydrogen-bond acceptors (Lipinski definition) is 8. The molecule has 0 aliphatic rings. The Morgan fingerprint density at radius 2 is 1.88 bits per heavy atom. The summed E-state index contributed by atoms with van der Waals surface area (Å²) in [5.74, 6) is 0.613. The average molecular weight is 469 g/mol. The number of aliphatic hydroxyl groups is 1. The number of nitrogen functional groups attached to an aromatic ring is 1. The number of carbonyl (C=O) groups excluding carboxylic acids is 1. The van der Waals surface area contributed by atoms with Gasteiger partial charge in [-0.05, 0) is 30.7 Å². The molecule has 0 bridgehead atoms. The molecule has 0 radical (unpaired) electrons. The number of ketones is 1. The molecule has 1 heterocycles. The third-order valence-corrected chi connectivity index (χ3v) is 5.27. The van der Waals surface area contributed by atoms with Crippen LogP contribution in [0, 0.1) is 0 Å². The predicted octanol–water partition coefficient (Wildman–Crippen LogP) is 1.25. The van der Waals surface area contributed by atoms with Gasteiger partial charge in [-0.2, -0.15) is 0 Å². The Morgan fingerprint density at radius 1 is 1.18 bits per heavy atom. The van der Waals surface area contributed by atoms with Crippen LogP contribution in [0.5, 0.6) is 11.5 Å². The van der Waals surface area contributed by atoms with E-state index in [1.807, 2.05) is 30.3 Å². The first kappa shape index (κ1) is 24.6. The Balaban J connectivity index is 1.73. The molecule has 0 spiro atoms. The van der Waals surface area contributed by atoms with Gasteiger partial charge in [0.1, 0.15) is 24.2 Å². The van der Waals surface area contributed by atoms with Crippen LogP contribution in [0.25, 0.3) is 0 Å². The Labute approximate surface area is 196 Å². The van der Waals surface area contributed by atoms with Crippen molar-refractivity contribution in [3.63, 3.8) is 0 Å². The molecule has 1 aromatic heterocycles. The Kier molecular flexibility index (Phi) is 7.75. The fourth-order valence-electron chi connectivity index (χ4n) is 3.52. The molecule has 34 heavy (non-hydrogen) atoms. The van der Waals surface area contributed by atoms with E-state index in [1.165, 1.54) is 23.5 Å². The SMILES string of the molecule is COc1cc(C(C)=O)ccc1OCC(O)CN(C)c1c(N)n(Cc2ccccc2)c(=O)[nH]c1=O. The molecule has 3 rings (SSSR count). The van der Waals surface area contributed by atoms with Crippen LogP contribution in [-0.2, 0) is 6.54 Å². The molecule has 4 N–H and O–H groups in total. The van der Waals surface area contributed by atoms with Crippen LogP contribution < -0.4 is 31.4 Å². The van der Waals surface area contributed by atoms with Crippen molar-refractivity contribution in [2.75, 3.05) is 37.9 Å². The van der Waals surface area contributed by atoms with E-state index >= 15 is 0 Å². The molecule has 1 unspecified atom stereocenters. The normalized spacial score (nSPS) is 11.6. The lowest BCUT2D eigenvalue weighted by Crippen LogP contribution is -2.40. The number of nitrogens with two attached hydrogens (primary N) is 1. The fraction of sp³-hybridized carbons (Fsp3) is 0.292.